The van der Waals surface area contributed by atoms with Crippen molar-refractivity contribution in [1.82, 2.24) is 0 Å². The third-order valence-electron chi connectivity index (χ3n) is 2.62. The van der Waals surface area contributed by atoms with Crippen molar-refractivity contribution in [2.75, 3.05) is 7.11 Å². The first kappa shape index (κ1) is 13.4. The molecule has 0 saturated carbocycles. The first-order valence-electron chi connectivity index (χ1n) is 5.74. The van der Waals surface area contributed by atoms with Gasteiger partial charge in [-0.3, -0.25) is 0 Å². The lowest BCUT2D eigenvalue weighted by Crippen LogP contribution is -2.00. The predicted octanol–water partition coefficient (Wildman–Crippen LogP) is 4.00. The fourth-order valence-electron chi connectivity index (χ4n) is 1.62. The molecule has 4 heteroatoms. The third-order valence-corrected chi connectivity index (χ3v) is 2.91. The smallest absolute Gasteiger partial charge is 0.337 e. The number of esters is 1. The highest BCUT2D eigenvalue weighted by molar-refractivity contribution is 6.17. The SMILES string of the molecule is COC(=O)c1ccc(Oc2ccccc2CCl)cc1. The quantitative estimate of drug-likeness (QED) is 0.625. The van der Waals surface area contributed by atoms with Crippen molar-refractivity contribution in [1.29, 1.82) is 0 Å². The number of rotatable bonds is 4. The highest BCUT2D eigenvalue weighted by Gasteiger charge is 2.06. The number of carbonyl (C=O) groups is 1. The summed E-state index contributed by atoms with van der Waals surface area (Å²) in [6.45, 7) is 0. The number of hydrogen-bond acceptors (Lipinski definition) is 3. The number of alkyl halides is 1. The maximum atomic E-state index is 11.3. The molecule has 0 heterocycles. The van der Waals surface area contributed by atoms with Crippen LogP contribution < -0.4 is 4.74 Å². The van der Waals surface area contributed by atoms with E-state index in [0.29, 0.717) is 22.9 Å². The monoisotopic (exact) mass is 276 g/mol. The van der Waals surface area contributed by atoms with Crippen molar-refractivity contribution in [3.05, 3.63) is 59.7 Å². The third kappa shape index (κ3) is 3.26. The minimum absolute atomic E-state index is 0.368. The van der Waals surface area contributed by atoms with Gasteiger partial charge in [0.25, 0.3) is 0 Å². The summed E-state index contributed by atoms with van der Waals surface area (Å²) in [4.78, 5) is 11.3. The Morgan fingerprint density at radius 1 is 1.11 bits per heavy atom. The number of methoxy groups -OCH3 is 1. The Kier molecular flexibility index (Phi) is 4.42. The second-order valence-corrected chi connectivity index (χ2v) is 4.13. The fraction of sp³-hybridized carbons (Fsp3) is 0.133. The van der Waals surface area contributed by atoms with Crippen LogP contribution in [0, 0.1) is 0 Å². The van der Waals surface area contributed by atoms with Crippen LogP contribution in [0.4, 0.5) is 0 Å². The Balaban J connectivity index is 2.17. The normalized spacial score (nSPS) is 10.0. The lowest BCUT2D eigenvalue weighted by molar-refractivity contribution is 0.0600. The second kappa shape index (κ2) is 6.25. The maximum absolute atomic E-state index is 11.3. The van der Waals surface area contributed by atoms with E-state index in [9.17, 15) is 4.79 Å². The van der Waals surface area contributed by atoms with E-state index in [1.807, 2.05) is 24.3 Å². The van der Waals surface area contributed by atoms with Crippen LogP contribution in [0.5, 0.6) is 11.5 Å². The molecule has 0 aliphatic rings. The Hall–Kier alpha value is -2.00. The molecule has 0 aliphatic heterocycles. The summed E-state index contributed by atoms with van der Waals surface area (Å²) in [5, 5.41) is 0. The lowest BCUT2D eigenvalue weighted by Gasteiger charge is -2.09. The number of carbonyl (C=O) groups excluding carboxylic acids is 1. The minimum Gasteiger partial charge on any atom is -0.465 e. The molecule has 2 aromatic carbocycles. The number of para-hydroxylation sites is 1. The zero-order valence-electron chi connectivity index (χ0n) is 10.4. The van der Waals surface area contributed by atoms with Crippen molar-refractivity contribution in [2.45, 2.75) is 5.88 Å². The van der Waals surface area contributed by atoms with E-state index in [1.54, 1.807) is 24.3 Å². The van der Waals surface area contributed by atoms with Crippen molar-refractivity contribution in [3.63, 3.8) is 0 Å². The second-order valence-electron chi connectivity index (χ2n) is 3.86. The largest absolute Gasteiger partial charge is 0.465 e. The molecular formula is C15H13ClO3. The van der Waals surface area contributed by atoms with Crippen LogP contribution >= 0.6 is 11.6 Å². The Morgan fingerprint density at radius 2 is 1.79 bits per heavy atom. The van der Waals surface area contributed by atoms with E-state index in [1.165, 1.54) is 7.11 Å². The molecule has 0 aliphatic carbocycles. The summed E-state index contributed by atoms with van der Waals surface area (Å²) in [5.41, 5.74) is 1.40. The first-order chi connectivity index (χ1) is 9.24. The van der Waals surface area contributed by atoms with E-state index in [-0.39, 0.29) is 5.97 Å². The summed E-state index contributed by atoms with van der Waals surface area (Å²) >= 11 is 5.84. The van der Waals surface area contributed by atoms with Crippen LogP contribution in [0.1, 0.15) is 15.9 Å². The van der Waals surface area contributed by atoms with Gasteiger partial charge in [0, 0.05) is 5.56 Å². The summed E-state index contributed by atoms with van der Waals surface area (Å²) in [6.07, 6.45) is 0. The maximum Gasteiger partial charge on any atom is 0.337 e. The van der Waals surface area contributed by atoms with Gasteiger partial charge in [-0.1, -0.05) is 18.2 Å². The Morgan fingerprint density at radius 3 is 2.42 bits per heavy atom. The van der Waals surface area contributed by atoms with Gasteiger partial charge in [0.05, 0.1) is 18.6 Å². The summed E-state index contributed by atoms with van der Waals surface area (Å²) < 4.78 is 10.4. The van der Waals surface area contributed by atoms with Crippen molar-refractivity contribution < 1.29 is 14.3 Å². The Bertz CT molecular complexity index is 564. The molecule has 0 spiro atoms. The molecule has 3 nitrogen and oxygen atoms in total. The van der Waals surface area contributed by atoms with Crippen LogP contribution in [0.25, 0.3) is 0 Å². The highest BCUT2D eigenvalue weighted by Crippen LogP contribution is 2.26. The average Bonchev–Trinajstić information content (AvgIpc) is 2.48. The van der Waals surface area contributed by atoms with Crippen LogP contribution in [-0.2, 0) is 10.6 Å². The summed E-state index contributed by atoms with van der Waals surface area (Å²) in [5.74, 6) is 1.37. The first-order valence-corrected chi connectivity index (χ1v) is 6.28. The zero-order valence-corrected chi connectivity index (χ0v) is 11.2. The molecule has 0 atom stereocenters. The number of ether oxygens (including phenoxy) is 2. The molecule has 2 rings (SSSR count). The number of halogens is 1. The molecule has 0 amide bonds. The van der Waals surface area contributed by atoms with Crippen molar-refractivity contribution in [3.8, 4) is 11.5 Å². The minimum atomic E-state index is -0.368. The van der Waals surface area contributed by atoms with Gasteiger partial charge in [0.2, 0.25) is 0 Å². The van der Waals surface area contributed by atoms with Gasteiger partial charge < -0.3 is 9.47 Å². The molecule has 0 radical (unpaired) electrons. The van der Waals surface area contributed by atoms with Gasteiger partial charge >= 0.3 is 5.97 Å². The highest BCUT2D eigenvalue weighted by atomic mass is 35.5. The number of benzene rings is 2. The molecular weight excluding hydrogens is 264 g/mol. The number of hydrogen-bond donors (Lipinski definition) is 0. The van der Waals surface area contributed by atoms with Gasteiger partial charge in [0.15, 0.2) is 0 Å². The van der Waals surface area contributed by atoms with Crippen molar-refractivity contribution in [2.24, 2.45) is 0 Å². The molecule has 0 bridgehead atoms. The van der Waals surface area contributed by atoms with Crippen LogP contribution in [0.2, 0.25) is 0 Å². The molecule has 0 saturated heterocycles. The van der Waals surface area contributed by atoms with Gasteiger partial charge in [-0.25, -0.2) is 4.79 Å². The lowest BCUT2D eigenvalue weighted by atomic mass is 10.2. The van der Waals surface area contributed by atoms with E-state index in [0.717, 1.165) is 5.56 Å². The van der Waals surface area contributed by atoms with E-state index < -0.39 is 0 Å². The van der Waals surface area contributed by atoms with Crippen LogP contribution in [0.15, 0.2) is 48.5 Å². The molecule has 19 heavy (non-hydrogen) atoms. The van der Waals surface area contributed by atoms with E-state index in [2.05, 4.69) is 4.74 Å². The van der Waals surface area contributed by atoms with E-state index in [4.69, 9.17) is 16.3 Å². The topological polar surface area (TPSA) is 35.5 Å². The van der Waals surface area contributed by atoms with Gasteiger partial charge in [-0.05, 0) is 30.3 Å². The molecule has 0 N–H and O–H groups in total. The average molecular weight is 277 g/mol. The molecule has 2 aromatic rings. The standard InChI is InChI=1S/C15H13ClO3/c1-18-15(17)11-6-8-13(9-7-11)19-14-5-3-2-4-12(14)10-16/h2-9H,10H2,1H3. The summed E-state index contributed by atoms with van der Waals surface area (Å²) in [6, 6.07) is 14.3. The fourth-order valence-corrected chi connectivity index (χ4v) is 1.84. The summed E-state index contributed by atoms with van der Waals surface area (Å²) in [7, 11) is 1.35. The van der Waals surface area contributed by atoms with Crippen LogP contribution in [0.3, 0.4) is 0 Å². The molecule has 0 unspecified atom stereocenters. The van der Waals surface area contributed by atoms with Gasteiger partial charge in [0.1, 0.15) is 11.5 Å². The molecule has 0 aromatic heterocycles. The van der Waals surface area contributed by atoms with Crippen LogP contribution in [-0.4, -0.2) is 13.1 Å². The molecule has 98 valence electrons. The zero-order chi connectivity index (χ0) is 13.7. The molecule has 0 fully saturated rings. The van der Waals surface area contributed by atoms with Gasteiger partial charge in [-0.15, -0.1) is 11.6 Å². The van der Waals surface area contributed by atoms with Gasteiger partial charge in [-0.2, -0.15) is 0 Å². The van der Waals surface area contributed by atoms with Crippen molar-refractivity contribution >= 4 is 17.6 Å². The predicted molar refractivity (Wildman–Crippen MR) is 73.9 cm³/mol. The van der Waals surface area contributed by atoms with E-state index >= 15 is 0 Å². The Labute approximate surface area is 116 Å².